The van der Waals surface area contributed by atoms with E-state index in [1.807, 2.05) is 13.8 Å². The fourth-order valence-electron chi connectivity index (χ4n) is 4.23. The van der Waals surface area contributed by atoms with Crippen LogP contribution in [0.2, 0.25) is 0 Å². The van der Waals surface area contributed by atoms with Gasteiger partial charge in [0.1, 0.15) is 6.04 Å². The number of nitrogens with one attached hydrogen (secondary N) is 3. The van der Waals surface area contributed by atoms with Gasteiger partial charge in [0.15, 0.2) is 11.5 Å². The summed E-state index contributed by atoms with van der Waals surface area (Å²) in [6, 6.07) is 2.41. The van der Waals surface area contributed by atoms with Crippen LogP contribution in [0.3, 0.4) is 0 Å². The molecule has 12 nitrogen and oxygen atoms in total. The van der Waals surface area contributed by atoms with E-state index in [-0.39, 0.29) is 48.4 Å². The Morgan fingerprint density at radius 2 is 1.81 bits per heavy atom. The molecule has 4 atom stereocenters. The second-order valence-electron chi connectivity index (χ2n) is 9.48. The molecule has 1 aromatic rings. The van der Waals surface area contributed by atoms with Gasteiger partial charge in [-0.2, -0.15) is 0 Å². The number of nitrogens with zero attached hydrogens (tertiary/aromatic N) is 1. The SMILES string of the molecule is COC(=O)[C@@H]1Oc2cc(ccc2OC)C(=O)N[C@@H](C(C)C)CN(C(=O)[C@@H]2CCC(=O)N2)CC(=O)N[C@H]1C. The summed E-state index contributed by atoms with van der Waals surface area (Å²) in [6.07, 6.45) is -0.737. The second kappa shape index (κ2) is 11.9. The Morgan fingerprint density at radius 3 is 2.41 bits per heavy atom. The highest BCUT2D eigenvalue weighted by Gasteiger charge is 2.36. The molecule has 0 aliphatic carbocycles. The molecule has 0 saturated carbocycles. The predicted molar refractivity (Wildman–Crippen MR) is 131 cm³/mol. The van der Waals surface area contributed by atoms with E-state index in [0.717, 1.165) is 0 Å². The maximum atomic E-state index is 13.3. The van der Waals surface area contributed by atoms with Crippen LogP contribution in [0.5, 0.6) is 11.5 Å². The summed E-state index contributed by atoms with van der Waals surface area (Å²) in [5.41, 5.74) is 0.250. The number of fused-ring (bicyclic) bond motifs is 2. The average Bonchev–Trinajstić information content (AvgIpc) is 3.30. The molecular weight excluding hydrogens is 484 g/mol. The molecule has 4 amide bonds. The van der Waals surface area contributed by atoms with Gasteiger partial charge in [-0.15, -0.1) is 0 Å². The Morgan fingerprint density at radius 1 is 1.08 bits per heavy atom. The first kappa shape index (κ1) is 27.8. The molecule has 0 radical (unpaired) electrons. The number of amides is 4. The number of esters is 1. The number of hydrogen-bond donors (Lipinski definition) is 3. The number of carbonyl (C=O) groups is 5. The van der Waals surface area contributed by atoms with E-state index in [9.17, 15) is 24.0 Å². The maximum Gasteiger partial charge on any atom is 0.349 e. The van der Waals surface area contributed by atoms with E-state index < -0.39 is 47.9 Å². The molecule has 2 bridgehead atoms. The van der Waals surface area contributed by atoms with E-state index in [4.69, 9.17) is 14.2 Å². The molecule has 37 heavy (non-hydrogen) atoms. The third-order valence-electron chi connectivity index (χ3n) is 6.43. The normalized spacial score (nSPS) is 24.8. The van der Waals surface area contributed by atoms with Gasteiger partial charge in [0.05, 0.1) is 26.8 Å². The number of hydrogen-bond acceptors (Lipinski definition) is 8. The summed E-state index contributed by atoms with van der Waals surface area (Å²) < 4.78 is 16.1. The number of rotatable bonds is 4. The predicted octanol–water partition coefficient (Wildman–Crippen LogP) is -0.00450. The van der Waals surface area contributed by atoms with Crippen molar-refractivity contribution in [2.24, 2.45) is 5.92 Å². The minimum Gasteiger partial charge on any atom is -0.493 e. The lowest BCUT2D eigenvalue weighted by Gasteiger charge is -2.33. The molecule has 1 fully saturated rings. The summed E-state index contributed by atoms with van der Waals surface area (Å²) in [4.78, 5) is 65.1. The van der Waals surface area contributed by atoms with Gasteiger partial charge in [-0.25, -0.2) is 4.79 Å². The largest absolute Gasteiger partial charge is 0.493 e. The summed E-state index contributed by atoms with van der Waals surface area (Å²) in [5, 5.41) is 8.27. The van der Waals surface area contributed by atoms with Crippen molar-refractivity contribution in [1.29, 1.82) is 0 Å². The van der Waals surface area contributed by atoms with Crippen LogP contribution in [0.1, 0.15) is 44.0 Å². The lowest BCUT2D eigenvalue weighted by atomic mass is 10.0. The molecule has 2 aliphatic rings. The summed E-state index contributed by atoms with van der Waals surface area (Å²) in [6.45, 7) is 5.03. The molecule has 3 N–H and O–H groups in total. The molecule has 2 aliphatic heterocycles. The minimum atomic E-state index is -1.27. The quantitative estimate of drug-likeness (QED) is 0.471. The summed E-state index contributed by atoms with van der Waals surface area (Å²) in [5.74, 6) is -2.08. The second-order valence-corrected chi connectivity index (χ2v) is 9.48. The fourth-order valence-corrected chi connectivity index (χ4v) is 4.23. The monoisotopic (exact) mass is 518 g/mol. The number of ether oxygens (including phenoxy) is 3. The van der Waals surface area contributed by atoms with Crippen LogP contribution in [0.15, 0.2) is 18.2 Å². The van der Waals surface area contributed by atoms with Crippen molar-refractivity contribution < 1.29 is 38.2 Å². The van der Waals surface area contributed by atoms with Gasteiger partial charge in [0.25, 0.3) is 5.91 Å². The van der Waals surface area contributed by atoms with Crippen LogP contribution >= 0.6 is 0 Å². The molecule has 0 aromatic heterocycles. The smallest absolute Gasteiger partial charge is 0.349 e. The van der Waals surface area contributed by atoms with E-state index in [2.05, 4.69) is 16.0 Å². The molecule has 12 heteroatoms. The zero-order chi connectivity index (χ0) is 27.3. The molecular formula is C25H34N4O8. The summed E-state index contributed by atoms with van der Waals surface area (Å²) >= 11 is 0. The first-order valence-electron chi connectivity index (χ1n) is 12.1. The average molecular weight is 519 g/mol. The van der Waals surface area contributed by atoms with E-state index >= 15 is 0 Å². The molecule has 3 rings (SSSR count). The molecule has 202 valence electrons. The van der Waals surface area contributed by atoms with E-state index in [1.54, 1.807) is 13.0 Å². The van der Waals surface area contributed by atoms with Crippen LogP contribution in [0.25, 0.3) is 0 Å². The van der Waals surface area contributed by atoms with Crippen molar-refractivity contribution in [2.75, 3.05) is 27.3 Å². The maximum absolute atomic E-state index is 13.3. The lowest BCUT2D eigenvalue weighted by Crippen LogP contribution is -2.56. The Bertz CT molecular complexity index is 1060. The van der Waals surface area contributed by atoms with Crippen molar-refractivity contribution in [3.8, 4) is 11.5 Å². The van der Waals surface area contributed by atoms with Gasteiger partial charge in [-0.1, -0.05) is 13.8 Å². The number of methoxy groups -OCH3 is 2. The van der Waals surface area contributed by atoms with Crippen molar-refractivity contribution in [1.82, 2.24) is 20.9 Å². The zero-order valence-corrected chi connectivity index (χ0v) is 21.7. The van der Waals surface area contributed by atoms with Crippen LogP contribution < -0.4 is 25.4 Å². The third-order valence-corrected chi connectivity index (χ3v) is 6.43. The Kier molecular flexibility index (Phi) is 8.95. The summed E-state index contributed by atoms with van der Waals surface area (Å²) in [7, 11) is 2.61. The van der Waals surface area contributed by atoms with Crippen LogP contribution in [0.4, 0.5) is 0 Å². The minimum absolute atomic E-state index is 0.0380. The molecule has 0 spiro atoms. The van der Waals surface area contributed by atoms with Crippen LogP contribution in [-0.4, -0.2) is 86.0 Å². The van der Waals surface area contributed by atoms with Crippen molar-refractivity contribution in [2.45, 2.75) is 57.8 Å². The topological polar surface area (TPSA) is 152 Å². The van der Waals surface area contributed by atoms with Gasteiger partial charge >= 0.3 is 5.97 Å². The zero-order valence-electron chi connectivity index (χ0n) is 21.7. The van der Waals surface area contributed by atoms with E-state index in [1.165, 1.54) is 31.3 Å². The highest BCUT2D eigenvalue weighted by Crippen LogP contribution is 2.30. The fraction of sp³-hybridized carbons (Fsp3) is 0.560. The van der Waals surface area contributed by atoms with Gasteiger partial charge in [-0.3, -0.25) is 19.2 Å². The highest BCUT2D eigenvalue weighted by molar-refractivity contribution is 5.96. The van der Waals surface area contributed by atoms with Crippen molar-refractivity contribution >= 4 is 29.6 Å². The highest BCUT2D eigenvalue weighted by atomic mass is 16.6. The number of carbonyl (C=O) groups excluding carboxylic acids is 5. The first-order chi connectivity index (χ1) is 17.5. The van der Waals surface area contributed by atoms with Gasteiger partial charge in [0.2, 0.25) is 23.8 Å². The van der Waals surface area contributed by atoms with Crippen molar-refractivity contribution in [3.05, 3.63) is 23.8 Å². The molecule has 0 unspecified atom stereocenters. The number of benzene rings is 1. The van der Waals surface area contributed by atoms with Gasteiger partial charge in [-0.05, 0) is 37.5 Å². The Balaban J connectivity index is 2.02. The Labute approximate surface area is 215 Å². The lowest BCUT2D eigenvalue weighted by molar-refractivity contribution is -0.150. The van der Waals surface area contributed by atoms with Crippen LogP contribution in [-0.2, 0) is 23.9 Å². The van der Waals surface area contributed by atoms with E-state index in [0.29, 0.717) is 6.42 Å². The van der Waals surface area contributed by atoms with Crippen LogP contribution in [0, 0.1) is 5.92 Å². The molecule has 2 heterocycles. The Hall–Kier alpha value is -3.83. The molecule has 1 aromatic carbocycles. The van der Waals surface area contributed by atoms with Gasteiger partial charge in [0, 0.05) is 24.6 Å². The van der Waals surface area contributed by atoms with Crippen molar-refractivity contribution in [3.63, 3.8) is 0 Å². The van der Waals surface area contributed by atoms with Gasteiger partial charge < -0.3 is 35.1 Å². The standard InChI is InChI=1S/C25H34N4O8/c1-13(2)17-11-29(24(33)16-7-9-20(30)27-16)12-21(31)26-14(3)22(25(34)36-5)37-19-10-15(23(32)28-17)6-8-18(19)35-4/h6,8,10,13-14,16-17,22H,7,9,11-12H2,1-5H3,(H,26,31)(H,27,30)(H,28,32)/t14-,16-,17+,22+/m0/s1. The third kappa shape index (κ3) is 6.69. The molecule has 1 saturated heterocycles. The first-order valence-corrected chi connectivity index (χ1v) is 12.1.